The summed E-state index contributed by atoms with van der Waals surface area (Å²) in [7, 11) is -6.18. The Morgan fingerprint density at radius 1 is 1.25 bits per heavy atom. The molecule has 0 radical (unpaired) electrons. The van der Waals surface area contributed by atoms with E-state index in [1.807, 2.05) is 0 Å². The molecule has 0 saturated carbocycles. The van der Waals surface area contributed by atoms with E-state index in [1.54, 1.807) is 0 Å². The van der Waals surface area contributed by atoms with Gasteiger partial charge in [-0.15, -0.1) is 0 Å². The average Bonchev–Trinajstić information content (AvgIpc) is 2.26. The van der Waals surface area contributed by atoms with Crippen LogP contribution in [0, 0.1) is 0 Å². The van der Waals surface area contributed by atoms with Crippen molar-refractivity contribution in [1.82, 2.24) is 0 Å². The third-order valence-electron chi connectivity index (χ3n) is 2.35. The van der Waals surface area contributed by atoms with Gasteiger partial charge in [-0.1, -0.05) is 0 Å². The molecule has 0 aromatic heterocycles. The van der Waals surface area contributed by atoms with E-state index in [-0.39, 0.29) is 20.0 Å². The summed E-state index contributed by atoms with van der Waals surface area (Å²) in [5.74, 6) is -3.93. The predicted octanol–water partition coefficient (Wildman–Crippen LogP) is 2.03. The topological polar surface area (TPSA) is 61.8 Å². The monoisotopic (exact) mass is 328 g/mol. The average molecular weight is 328 g/mol. The fourth-order valence-corrected chi connectivity index (χ4v) is 1.94. The first-order valence-corrected chi connectivity index (χ1v) is 6.95. The lowest BCUT2D eigenvalue weighted by Crippen LogP contribution is -2.44. The smallest absolute Gasteiger partial charge is 0.379 e. The minimum Gasteiger partial charge on any atom is -0.379 e. The maximum absolute atomic E-state index is 13.1. The molecule has 2 unspecified atom stereocenters. The van der Waals surface area contributed by atoms with Gasteiger partial charge in [0.15, 0.2) is 0 Å². The fourth-order valence-electron chi connectivity index (χ4n) is 1.39. The molecule has 1 rings (SSSR count). The Labute approximate surface area is 112 Å². The minimum absolute atomic E-state index is 0.123. The predicted molar refractivity (Wildman–Crippen MR) is 55.4 cm³/mol. The highest BCUT2D eigenvalue weighted by Crippen LogP contribution is 2.31. The van der Waals surface area contributed by atoms with E-state index in [0.29, 0.717) is 13.0 Å². The van der Waals surface area contributed by atoms with Crippen LogP contribution in [-0.2, 0) is 23.8 Å². The molecule has 5 nitrogen and oxygen atoms in total. The van der Waals surface area contributed by atoms with Crippen LogP contribution in [0.25, 0.3) is 0 Å². The second-order valence-corrected chi connectivity index (χ2v) is 5.82. The van der Waals surface area contributed by atoms with Crippen molar-refractivity contribution in [3.63, 3.8) is 0 Å². The van der Waals surface area contributed by atoms with Crippen LogP contribution in [0.5, 0.6) is 0 Å². The first-order valence-electron chi connectivity index (χ1n) is 5.54. The van der Waals surface area contributed by atoms with Crippen LogP contribution in [0.3, 0.4) is 0 Å². The summed E-state index contributed by atoms with van der Waals surface area (Å²) in [6, 6.07) is 0. The van der Waals surface area contributed by atoms with Gasteiger partial charge in [-0.25, -0.2) is 13.0 Å². The second-order valence-electron chi connectivity index (χ2n) is 4.26. The normalized spacial score (nSPS) is 23.6. The van der Waals surface area contributed by atoms with Gasteiger partial charge in [0.1, 0.15) is 0 Å². The Morgan fingerprint density at radius 3 is 2.25 bits per heavy atom. The van der Waals surface area contributed by atoms with Gasteiger partial charge >= 0.3 is 15.6 Å². The molecule has 1 aliphatic rings. The molecule has 1 saturated heterocycles. The molecule has 1 fully saturated rings. The van der Waals surface area contributed by atoms with Gasteiger partial charge in [-0.3, -0.25) is 0 Å². The lowest BCUT2D eigenvalue weighted by Gasteiger charge is -2.30. The van der Waals surface area contributed by atoms with Crippen molar-refractivity contribution in [1.29, 1.82) is 0 Å². The third kappa shape index (κ3) is 4.79. The lowest BCUT2D eigenvalue weighted by atomic mass is 10.2. The number of hydrogen-bond donors (Lipinski definition) is 0. The van der Waals surface area contributed by atoms with E-state index in [4.69, 9.17) is 4.74 Å². The van der Waals surface area contributed by atoms with Crippen molar-refractivity contribution >= 4 is 10.1 Å². The van der Waals surface area contributed by atoms with Crippen LogP contribution in [0.1, 0.15) is 19.8 Å². The molecule has 2 atom stereocenters. The largest absolute Gasteiger partial charge is 0.523 e. The molecule has 20 heavy (non-hydrogen) atoms. The van der Waals surface area contributed by atoms with E-state index in [2.05, 4.69) is 8.92 Å². The summed E-state index contributed by atoms with van der Waals surface area (Å²) >= 11 is 0. The highest BCUT2D eigenvalue weighted by Gasteiger charge is 2.52. The van der Waals surface area contributed by atoms with Crippen LogP contribution in [0.4, 0.5) is 22.0 Å². The van der Waals surface area contributed by atoms with Gasteiger partial charge in [0.25, 0.3) is 5.92 Å². The Morgan fingerprint density at radius 2 is 1.85 bits per heavy atom. The zero-order valence-electron chi connectivity index (χ0n) is 10.3. The first kappa shape index (κ1) is 17.5. The molecule has 0 N–H and O–H groups in total. The molecule has 11 heteroatoms. The van der Waals surface area contributed by atoms with Crippen molar-refractivity contribution in [2.24, 2.45) is 0 Å². The molecule has 0 amide bonds. The van der Waals surface area contributed by atoms with Gasteiger partial charge in [-0.05, 0) is 12.8 Å². The minimum atomic E-state index is -6.18. The number of halogens is 5. The van der Waals surface area contributed by atoms with E-state index in [1.165, 1.54) is 0 Å². The summed E-state index contributed by atoms with van der Waals surface area (Å²) in [6.07, 6.45) is -3.11. The maximum Gasteiger partial charge on any atom is 0.523 e. The van der Waals surface area contributed by atoms with Gasteiger partial charge < -0.3 is 9.47 Å². The van der Waals surface area contributed by atoms with Gasteiger partial charge in [0.05, 0.1) is 12.7 Å². The quantitative estimate of drug-likeness (QED) is 0.334. The summed E-state index contributed by atoms with van der Waals surface area (Å²) < 4.78 is 97.2. The molecule has 0 aromatic carbocycles. The maximum atomic E-state index is 13.1. The summed E-state index contributed by atoms with van der Waals surface area (Å²) in [4.78, 5) is 0. The van der Waals surface area contributed by atoms with Crippen molar-refractivity contribution in [2.45, 2.75) is 43.6 Å². The zero-order valence-corrected chi connectivity index (χ0v) is 11.1. The number of rotatable bonds is 5. The van der Waals surface area contributed by atoms with Crippen molar-refractivity contribution < 1.29 is 44.0 Å². The summed E-state index contributed by atoms with van der Waals surface area (Å²) in [5.41, 5.74) is -5.80. The van der Waals surface area contributed by atoms with Gasteiger partial charge in [0, 0.05) is 13.5 Å². The highest BCUT2D eigenvalue weighted by molar-refractivity contribution is 7.87. The molecule has 0 bridgehead atoms. The zero-order chi connectivity index (χ0) is 15.6. The molecule has 0 aromatic rings. The van der Waals surface area contributed by atoms with E-state index in [0.717, 1.165) is 0 Å². The Kier molecular flexibility index (Phi) is 5.33. The van der Waals surface area contributed by atoms with E-state index >= 15 is 0 Å². The van der Waals surface area contributed by atoms with E-state index < -0.39 is 33.9 Å². The van der Waals surface area contributed by atoms with Gasteiger partial charge in [-0.2, -0.15) is 21.6 Å². The van der Waals surface area contributed by atoms with Crippen LogP contribution >= 0.6 is 0 Å². The van der Waals surface area contributed by atoms with Crippen molar-refractivity contribution in [3.8, 4) is 0 Å². The molecular formula is C9H13F5O5S. The molecule has 120 valence electrons. The molecule has 1 aliphatic heterocycles. The number of hydrogen-bond acceptors (Lipinski definition) is 5. The van der Waals surface area contributed by atoms with Gasteiger partial charge in [0.2, 0.25) is 6.29 Å². The summed E-state index contributed by atoms with van der Waals surface area (Å²) in [5, 5.41) is 0. The van der Waals surface area contributed by atoms with Crippen LogP contribution in [0.2, 0.25) is 0 Å². The van der Waals surface area contributed by atoms with Crippen molar-refractivity contribution in [2.75, 3.05) is 13.2 Å². The molecule has 0 spiro atoms. The fraction of sp³-hybridized carbons (Fsp3) is 1.00. The summed E-state index contributed by atoms with van der Waals surface area (Å²) in [6.45, 7) is 0.448. The Balaban J connectivity index is 2.80. The van der Waals surface area contributed by atoms with Crippen LogP contribution in [0.15, 0.2) is 0 Å². The number of ether oxygens (including phenoxy) is 2. The van der Waals surface area contributed by atoms with Crippen LogP contribution < -0.4 is 0 Å². The molecular weight excluding hydrogens is 315 g/mol. The SMILES string of the molecule is CC(F)(F)C(OC1CCCOC1)OS(=O)(=O)C(F)(F)F. The highest BCUT2D eigenvalue weighted by atomic mass is 32.2. The lowest BCUT2D eigenvalue weighted by molar-refractivity contribution is -0.244. The number of alkyl halides is 5. The standard InChI is InChI=1S/C9H13F5O5S/c1-8(10,11)7(18-6-3-2-4-17-5-6)19-20(15,16)9(12,13)14/h6-7H,2-5H2,1H3. The third-order valence-corrected chi connectivity index (χ3v) is 3.34. The first-order chi connectivity index (χ1) is 8.93. The Hall–Kier alpha value is -0.520. The van der Waals surface area contributed by atoms with E-state index in [9.17, 15) is 30.4 Å². The van der Waals surface area contributed by atoms with Crippen LogP contribution in [-0.4, -0.2) is 45.5 Å². The second kappa shape index (κ2) is 6.08. The Bertz CT molecular complexity index is 409. The van der Waals surface area contributed by atoms with Crippen molar-refractivity contribution in [3.05, 3.63) is 0 Å². The molecule has 0 aliphatic carbocycles. The molecule has 1 heterocycles.